The SMILES string of the molecule is CCCNc1cc(COCC(F)F)ccc1[N+](=O)[O-]. The van der Waals surface area contributed by atoms with Crippen molar-refractivity contribution in [1.82, 2.24) is 0 Å². The van der Waals surface area contributed by atoms with Crippen LogP contribution in [-0.2, 0) is 11.3 Å². The fourth-order valence-corrected chi connectivity index (χ4v) is 1.50. The maximum absolute atomic E-state index is 11.9. The van der Waals surface area contributed by atoms with Crippen LogP contribution in [0.4, 0.5) is 20.2 Å². The molecule has 0 bridgehead atoms. The highest BCUT2D eigenvalue weighted by Crippen LogP contribution is 2.25. The number of nitro benzene ring substituents is 1. The average molecular weight is 274 g/mol. The molecule has 0 heterocycles. The van der Waals surface area contributed by atoms with Crippen molar-refractivity contribution in [2.45, 2.75) is 26.4 Å². The Morgan fingerprint density at radius 2 is 2.21 bits per heavy atom. The molecular weight excluding hydrogens is 258 g/mol. The van der Waals surface area contributed by atoms with E-state index in [1.807, 2.05) is 6.92 Å². The van der Waals surface area contributed by atoms with Crippen LogP contribution < -0.4 is 5.32 Å². The van der Waals surface area contributed by atoms with Gasteiger partial charge in [0, 0.05) is 12.6 Å². The standard InChI is InChI=1S/C12H16F2N2O3/c1-2-5-15-10-6-9(7-19-8-12(13)14)3-4-11(10)16(17)18/h3-4,6,12,15H,2,5,7-8H2,1H3. The molecule has 0 saturated heterocycles. The summed E-state index contributed by atoms with van der Waals surface area (Å²) in [6, 6.07) is 4.40. The highest BCUT2D eigenvalue weighted by Gasteiger charge is 2.14. The van der Waals surface area contributed by atoms with E-state index in [0.29, 0.717) is 17.8 Å². The van der Waals surface area contributed by atoms with Crippen molar-refractivity contribution in [1.29, 1.82) is 0 Å². The van der Waals surface area contributed by atoms with E-state index in [4.69, 9.17) is 4.74 Å². The lowest BCUT2D eigenvalue weighted by molar-refractivity contribution is -0.384. The molecule has 1 rings (SSSR count). The van der Waals surface area contributed by atoms with Gasteiger partial charge in [-0.25, -0.2) is 8.78 Å². The molecule has 1 N–H and O–H groups in total. The lowest BCUT2D eigenvalue weighted by Crippen LogP contribution is -2.06. The molecule has 0 radical (unpaired) electrons. The number of hydrogen-bond donors (Lipinski definition) is 1. The fraction of sp³-hybridized carbons (Fsp3) is 0.500. The first kappa shape index (κ1) is 15.3. The molecule has 19 heavy (non-hydrogen) atoms. The van der Waals surface area contributed by atoms with Gasteiger partial charge in [0.1, 0.15) is 12.3 Å². The van der Waals surface area contributed by atoms with Crippen molar-refractivity contribution in [3.8, 4) is 0 Å². The van der Waals surface area contributed by atoms with Crippen LogP contribution >= 0.6 is 0 Å². The lowest BCUT2D eigenvalue weighted by atomic mass is 10.2. The van der Waals surface area contributed by atoms with E-state index in [2.05, 4.69) is 5.32 Å². The van der Waals surface area contributed by atoms with E-state index in [9.17, 15) is 18.9 Å². The van der Waals surface area contributed by atoms with Gasteiger partial charge < -0.3 is 10.1 Å². The largest absolute Gasteiger partial charge is 0.379 e. The molecule has 5 nitrogen and oxygen atoms in total. The minimum absolute atomic E-state index is 0.00311. The van der Waals surface area contributed by atoms with Crippen LogP contribution in [0.2, 0.25) is 0 Å². The molecule has 0 aliphatic heterocycles. The van der Waals surface area contributed by atoms with Gasteiger partial charge in [-0.05, 0) is 24.1 Å². The number of anilines is 1. The van der Waals surface area contributed by atoms with Crippen molar-refractivity contribution in [3.63, 3.8) is 0 Å². The van der Waals surface area contributed by atoms with Gasteiger partial charge in [0.25, 0.3) is 12.1 Å². The number of nitro groups is 1. The van der Waals surface area contributed by atoms with Gasteiger partial charge in [-0.1, -0.05) is 6.92 Å². The van der Waals surface area contributed by atoms with Gasteiger partial charge in [-0.3, -0.25) is 10.1 Å². The Hall–Kier alpha value is -1.76. The summed E-state index contributed by atoms with van der Waals surface area (Å²) in [5, 5.41) is 13.8. The van der Waals surface area contributed by atoms with Crippen molar-refractivity contribution < 1.29 is 18.4 Å². The van der Waals surface area contributed by atoms with Gasteiger partial charge in [-0.15, -0.1) is 0 Å². The molecule has 0 aliphatic rings. The Kier molecular flexibility index (Phi) is 6.14. The second kappa shape index (κ2) is 7.63. The molecular formula is C12H16F2N2O3. The van der Waals surface area contributed by atoms with Crippen molar-refractivity contribution in [2.24, 2.45) is 0 Å². The number of benzene rings is 1. The Morgan fingerprint density at radius 3 is 2.79 bits per heavy atom. The zero-order valence-corrected chi connectivity index (χ0v) is 10.6. The van der Waals surface area contributed by atoms with Crippen LogP contribution in [0.1, 0.15) is 18.9 Å². The second-order valence-corrected chi connectivity index (χ2v) is 3.94. The molecule has 0 amide bonds. The predicted molar refractivity (Wildman–Crippen MR) is 67.5 cm³/mol. The summed E-state index contributed by atoms with van der Waals surface area (Å²) >= 11 is 0. The summed E-state index contributed by atoms with van der Waals surface area (Å²) in [5.74, 6) is 0. The van der Waals surface area contributed by atoms with Gasteiger partial charge >= 0.3 is 0 Å². The molecule has 0 unspecified atom stereocenters. The number of nitrogens with zero attached hydrogens (tertiary/aromatic N) is 1. The number of hydrogen-bond acceptors (Lipinski definition) is 4. The summed E-state index contributed by atoms with van der Waals surface area (Å²) in [6.07, 6.45) is -1.70. The molecule has 0 aromatic heterocycles. The summed E-state index contributed by atoms with van der Waals surface area (Å²) in [6.45, 7) is 1.90. The summed E-state index contributed by atoms with van der Waals surface area (Å²) in [4.78, 5) is 10.4. The third-order valence-corrected chi connectivity index (χ3v) is 2.34. The van der Waals surface area contributed by atoms with Crippen LogP contribution in [0, 0.1) is 10.1 Å². The number of nitrogens with one attached hydrogen (secondary N) is 1. The van der Waals surface area contributed by atoms with Crippen molar-refractivity contribution in [2.75, 3.05) is 18.5 Å². The van der Waals surface area contributed by atoms with E-state index < -0.39 is 18.0 Å². The highest BCUT2D eigenvalue weighted by molar-refractivity contribution is 5.62. The van der Waals surface area contributed by atoms with Crippen molar-refractivity contribution in [3.05, 3.63) is 33.9 Å². The molecule has 1 aromatic carbocycles. The molecule has 0 aliphatic carbocycles. The number of ether oxygens (including phenoxy) is 1. The first-order valence-corrected chi connectivity index (χ1v) is 5.91. The second-order valence-electron chi connectivity index (χ2n) is 3.94. The number of rotatable bonds is 8. The molecule has 7 heteroatoms. The normalized spacial score (nSPS) is 10.7. The first-order valence-electron chi connectivity index (χ1n) is 5.91. The third kappa shape index (κ3) is 5.17. The minimum Gasteiger partial charge on any atom is -0.379 e. The van der Waals surface area contributed by atoms with Gasteiger partial charge in [0.15, 0.2) is 0 Å². The van der Waals surface area contributed by atoms with Crippen LogP contribution in [-0.4, -0.2) is 24.5 Å². The smallest absolute Gasteiger partial charge is 0.292 e. The van der Waals surface area contributed by atoms with E-state index in [1.165, 1.54) is 12.1 Å². The predicted octanol–water partition coefficient (Wildman–Crippen LogP) is 3.20. The maximum atomic E-state index is 11.9. The van der Waals surface area contributed by atoms with E-state index >= 15 is 0 Å². The van der Waals surface area contributed by atoms with E-state index in [0.717, 1.165) is 6.42 Å². The Bertz CT molecular complexity index is 427. The van der Waals surface area contributed by atoms with Gasteiger partial charge in [0.05, 0.1) is 11.5 Å². The van der Waals surface area contributed by atoms with Crippen LogP contribution in [0.15, 0.2) is 18.2 Å². The quantitative estimate of drug-likeness (QED) is 0.584. The summed E-state index contributed by atoms with van der Waals surface area (Å²) < 4.78 is 28.6. The lowest BCUT2D eigenvalue weighted by Gasteiger charge is -2.09. The summed E-state index contributed by atoms with van der Waals surface area (Å²) in [5.41, 5.74) is 0.959. The topological polar surface area (TPSA) is 64.4 Å². The zero-order chi connectivity index (χ0) is 14.3. The zero-order valence-electron chi connectivity index (χ0n) is 10.6. The van der Waals surface area contributed by atoms with Gasteiger partial charge in [0.2, 0.25) is 0 Å². The Balaban J connectivity index is 2.76. The summed E-state index contributed by atoms with van der Waals surface area (Å²) in [7, 11) is 0. The number of alkyl halides is 2. The maximum Gasteiger partial charge on any atom is 0.292 e. The molecule has 1 aromatic rings. The van der Waals surface area contributed by atoms with E-state index in [1.54, 1.807) is 6.07 Å². The third-order valence-electron chi connectivity index (χ3n) is 2.34. The highest BCUT2D eigenvalue weighted by atomic mass is 19.3. The van der Waals surface area contributed by atoms with Crippen LogP contribution in [0.5, 0.6) is 0 Å². The van der Waals surface area contributed by atoms with E-state index in [-0.39, 0.29) is 12.3 Å². The first-order chi connectivity index (χ1) is 9.04. The Labute approximate surface area is 109 Å². The Morgan fingerprint density at radius 1 is 1.47 bits per heavy atom. The minimum atomic E-state index is -2.52. The molecule has 0 fully saturated rings. The molecule has 0 spiro atoms. The fourth-order valence-electron chi connectivity index (χ4n) is 1.50. The molecule has 0 atom stereocenters. The monoisotopic (exact) mass is 274 g/mol. The van der Waals surface area contributed by atoms with Crippen LogP contribution in [0.25, 0.3) is 0 Å². The van der Waals surface area contributed by atoms with Crippen LogP contribution in [0.3, 0.4) is 0 Å². The molecule has 0 saturated carbocycles. The number of halogens is 2. The molecule has 106 valence electrons. The van der Waals surface area contributed by atoms with Gasteiger partial charge in [-0.2, -0.15) is 0 Å². The van der Waals surface area contributed by atoms with Crippen molar-refractivity contribution >= 4 is 11.4 Å². The average Bonchev–Trinajstić information content (AvgIpc) is 2.35.